The van der Waals surface area contributed by atoms with Crippen LogP contribution in [0, 0.1) is 0 Å². The van der Waals surface area contributed by atoms with E-state index in [2.05, 4.69) is 20.6 Å². The van der Waals surface area contributed by atoms with E-state index in [0.29, 0.717) is 25.1 Å². The minimum Gasteiger partial charge on any atom is -0.377 e. The summed E-state index contributed by atoms with van der Waals surface area (Å²) < 4.78 is 10.9. The number of aromatic nitrogens is 2. The third-order valence-electron chi connectivity index (χ3n) is 3.37. The topological polar surface area (TPSA) is 68.3 Å². The molecule has 6 heteroatoms. The van der Waals surface area contributed by atoms with Gasteiger partial charge in [0.15, 0.2) is 5.82 Å². The molecule has 0 radical (unpaired) electrons. The number of nitrogens with one attached hydrogen (secondary N) is 2. The van der Waals surface area contributed by atoms with E-state index in [1.807, 2.05) is 13.1 Å². The van der Waals surface area contributed by atoms with Gasteiger partial charge in [0.1, 0.15) is 18.2 Å². The van der Waals surface area contributed by atoms with Crippen molar-refractivity contribution in [1.29, 1.82) is 0 Å². The Morgan fingerprint density at radius 1 is 1.25 bits per heavy atom. The van der Waals surface area contributed by atoms with Gasteiger partial charge in [-0.15, -0.1) is 0 Å². The normalized spacial score (nSPS) is 15.5. The van der Waals surface area contributed by atoms with E-state index in [0.717, 1.165) is 18.2 Å². The van der Waals surface area contributed by atoms with Gasteiger partial charge < -0.3 is 20.1 Å². The fourth-order valence-corrected chi connectivity index (χ4v) is 2.37. The average Bonchev–Trinajstić information content (AvgIpc) is 2.97. The first-order valence-corrected chi connectivity index (χ1v) is 7.22. The highest BCUT2D eigenvalue weighted by atomic mass is 16.5. The standard InChI is InChI=1S/C14H24N4O2/c1-15-12-9-13(18-14(17-12)10-19-2)16-7-8-20-11-5-3-4-6-11/h9,11H,3-8,10H2,1-2H3,(H2,15,16,17,18). The van der Waals surface area contributed by atoms with E-state index in [4.69, 9.17) is 9.47 Å². The van der Waals surface area contributed by atoms with Crippen LogP contribution in [0.4, 0.5) is 11.6 Å². The fourth-order valence-electron chi connectivity index (χ4n) is 2.37. The van der Waals surface area contributed by atoms with Crippen molar-refractivity contribution in [3.8, 4) is 0 Å². The summed E-state index contributed by atoms with van der Waals surface area (Å²) in [4.78, 5) is 8.71. The molecule has 1 fully saturated rings. The zero-order chi connectivity index (χ0) is 14.2. The maximum atomic E-state index is 5.81. The Labute approximate surface area is 120 Å². The Hall–Kier alpha value is -1.40. The van der Waals surface area contributed by atoms with Gasteiger partial charge >= 0.3 is 0 Å². The molecule has 0 spiro atoms. The van der Waals surface area contributed by atoms with Crippen LogP contribution in [0.15, 0.2) is 6.07 Å². The van der Waals surface area contributed by atoms with Gasteiger partial charge in [0.25, 0.3) is 0 Å². The molecule has 1 aliphatic carbocycles. The lowest BCUT2D eigenvalue weighted by Gasteiger charge is -2.12. The van der Waals surface area contributed by atoms with Crippen LogP contribution >= 0.6 is 0 Å². The monoisotopic (exact) mass is 280 g/mol. The Bertz CT molecular complexity index is 408. The summed E-state index contributed by atoms with van der Waals surface area (Å²) in [6, 6.07) is 1.88. The quantitative estimate of drug-likeness (QED) is 0.710. The lowest BCUT2D eigenvalue weighted by atomic mass is 10.3. The van der Waals surface area contributed by atoms with E-state index in [1.165, 1.54) is 25.7 Å². The first-order valence-electron chi connectivity index (χ1n) is 7.22. The van der Waals surface area contributed by atoms with Gasteiger partial charge in [0.05, 0.1) is 12.7 Å². The highest BCUT2D eigenvalue weighted by Crippen LogP contribution is 2.20. The molecular weight excluding hydrogens is 256 g/mol. The van der Waals surface area contributed by atoms with Crippen molar-refractivity contribution in [3.63, 3.8) is 0 Å². The first kappa shape index (κ1) is 15.0. The van der Waals surface area contributed by atoms with Crippen LogP contribution in [-0.2, 0) is 16.1 Å². The van der Waals surface area contributed by atoms with Gasteiger partial charge in [-0.05, 0) is 12.8 Å². The Morgan fingerprint density at radius 3 is 2.70 bits per heavy atom. The van der Waals surface area contributed by atoms with Crippen molar-refractivity contribution >= 4 is 11.6 Å². The minimum atomic E-state index is 0.406. The van der Waals surface area contributed by atoms with Gasteiger partial charge in [-0.3, -0.25) is 0 Å². The molecule has 0 aromatic carbocycles. The predicted molar refractivity (Wildman–Crippen MR) is 79.0 cm³/mol. The van der Waals surface area contributed by atoms with Crippen molar-refractivity contribution in [2.24, 2.45) is 0 Å². The van der Waals surface area contributed by atoms with Gasteiger partial charge in [-0.1, -0.05) is 12.8 Å². The van der Waals surface area contributed by atoms with Crippen molar-refractivity contribution in [3.05, 3.63) is 11.9 Å². The predicted octanol–water partition coefficient (Wildman–Crippen LogP) is 2.04. The maximum Gasteiger partial charge on any atom is 0.158 e. The molecule has 2 N–H and O–H groups in total. The third kappa shape index (κ3) is 4.61. The number of hydrogen-bond donors (Lipinski definition) is 2. The Morgan fingerprint density at radius 2 is 2.00 bits per heavy atom. The number of rotatable bonds is 8. The van der Waals surface area contributed by atoms with Gasteiger partial charge in [-0.2, -0.15) is 0 Å². The molecule has 0 aliphatic heterocycles. The molecule has 1 aromatic heterocycles. The second kappa shape index (κ2) is 8.01. The summed E-state index contributed by atoms with van der Waals surface area (Å²) in [5.41, 5.74) is 0. The fraction of sp³-hybridized carbons (Fsp3) is 0.714. The molecule has 0 saturated heterocycles. The molecule has 6 nitrogen and oxygen atoms in total. The average molecular weight is 280 g/mol. The van der Waals surface area contributed by atoms with Crippen LogP contribution in [-0.4, -0.2) is 43.4 Å². The smallest absolute Gasteiger partial charge is 0.158 e. The molecule has 0 unspecified atom stereocenters. The van der Waals surface area contributed by atoms with Crippen LogP contribution < -0.4 is 10.6 Å². The molecule has 0 amide bonds. The van der Waals surface area contributed by atoms with Crippen LogP contribution in [0.3, 0.4) is 0 Å². The zero-order valence-electron chi connectivity index (χ0n) is 12.3. The molecule has 1 aliphatic rings. The molecule has 0 bridgehead atoms. The summed E-state index contributed by atoms with van der Waals surface area (Å²) in [5.74, 6) is 2.25. The maximum absolute atomic E-state index is 5.81. The van der Waals surface area contributed by atoms with E-state index in [-0.39, 0.29) is 0 Å². The summed E-state index contributed by atoms with van der Waals surface area (Å²) in [7, 11) is 3.48. The first-order chi connectivity index (χ1) is 9.81. The molecule has 1 aromatic rings. The van der Waals surface area contributed by atoms with E-state index < -0.39 is 0 Å². The van der Waals surface area contributed by atoms with Gasteiger partial charge in [0, 0.05) is 26.8 Å². The minimum absolute atomic E-state index is 0.406. The summed E-state index contributed by atoms with van der Waals surface area (Å²) in [5, 5.41) is 6.29. The molecule has 1 heterocycles. The lowest BCUT2D eigenvalue weighted by Crippen LogP contribution is -2.16. The molecule has 1 saturated carbocycles. The van der Waals surface area contributed by atoms with E-state index in [1.54, 1.807) is 7.11 Å². The molecular formula is C14H24N4O2. The number of methoxy groups -OCH3 is 1. The van der Waals surface area contributed by atoms with Crippen molar-refractivity contribution in [1.82, 2.24) is 9.97 Å². The summed E-state index contributed by atoms with van der Waals surface area (Å²) in [6.07, 6.45) is 5.47. The SMILES string of the molecule is CNc1cc(NCCOC2CCCC2)nc(COC)n1. The van der Waals surface area contributed by atoms with Crippen LogP contribution in [0.25, 0.3) is 0 Å². The van der Waals surface area contributed by atoms with Crippen LogP contribution in [0.1, 0.15) is 31.5 Å². The van der Waals surface area contributed by atoms with Crippen molar-refractivity contribution in [2.75, 3.05) is 37.9 Å². The number of nitrogens with zero attached hydrogens (tertiary/aromatic N) is 2. The number of ether oxygens (including phenoxy) is 2. The van der Waals surface area contributed by atoms with Gasteiger partial charge in [0.2, 0.25) is 0 Å². The number of anilines is 2. The Balaban J connectivity index is 1.79. The summed E-state index contributed by atoms with van der Waals surface area (Å²) >= 11 is 0. The van der Waals surface area contributed by atoms with Crippen LogP contribution in [0.5, 0.6) is 0 Å². The van der Waals surface area contributed by atoms with Crippen molar-refractivity contribution in [2.45, 2.75) is 38.4 Å². The second-order valence-corrected chi connectivity index (χ2v) is 4.94. The second-order valence-electron chi connectivity index (χ2n) is 4.94. The number of hydrogen-bond acceptors (Lipinski definition) is 6. The zero-order valence-corrected chi connectivity index (χ0v) is 12.3. The molecule has 2 rings (SSSR count). The molecule has 20 heavy (non-hydrogen) atoms. The third-order valence-corrected chi connectivity index (χ3v) is 3.37. The highest BCUT2D eigenvalue weighted by molar-refractivity contribution is 5.47. The van der Waals surface area contributed by atoms with Crippen molar-refractivity contribution < 1.29 is 9.47 Å². The molecule has 112 valence electrons. The van der Waals surface area contributed by atoms with E-state index in [9.17, 15) is 0 Å². The highest BCUT2D eigenvalue weighted by Gasteiger charge is 2.14. The largest absolute Gasteiger partial charge is 0.377 e. The molecule has 0 atom stereocenters. The van der Waals surface area contributed by atoms with Crippen LogP contribution in [0.2, 0.25) is 0 Å². The lowest BCUT2D eigenvalue weighted by molar-refractivity contribution is 0.0658. The summed E-state index contributed by atoms with van der Waals surface area (Å²) in [6.45, 7) is 1.87. The Kier molecular flexibility index (Phi) is 6.01. The van der Waals surface area contributed by atoms with E-state index >= 15 is 0 Å². The van der Waals surface area contributed by atoms with Gasteiger partial charge in [-0.25, -0.2) is 9.97 Å².